The second-order valence-corrected chi connectivity index (χ2v) is 12.2. The van der Waals surface area contributed by atoms with Gasteiger partial charge in [0, 0.05) is 50.1 Å². The van der Waals surface area contributed by atoms with Crippen molar-refractivity contribution in [2.24, 2.45) is 0 Å². The van der Waals surface area contributed by atoms with Gasteiger partial charge in [-0.15, -0.1) is 22.7 Å². The van der Waals surface area contributed by atoms with Gasteiger partial charge in [-0.2, -0.15) is 0 Å². The molecule has 3 aliphatic rings. The highest BCUT2D eigenvalue weighted by atomic mass is 32.1. The molecular weight excluding hydrogens is 504 g/mol. The van der Waals surface area contributed by atoms with Crippen LogP contribution in [0.25, 0.3) is 30.6 Å². The number of thiophene rings is 2. The molecule has 6 nitrogen and oxygen atoms in total. The van der Waals surface area contributed by atoms with Gasteiger partial charge in [0.15, 0.2) is 0 Å². The average molecular weight is 525 g/mol. The molecule has 0 bridgehead atoms. The van der Waals surface area contributed by atoms with Gasteiger partial charge in [0.1, 0.15) is 0 Å². The van der Waals surface area contributed by atoms with E-state index in [0.717, 1.165) is 30.6 Å². The maximum absolute atomic E-state index is 12.9. The minimum Gasteiger partial charge on any atom is -0.277 e. The molecule has 0 N–H and O–H groups in total. The van der Waals surface area contributed by atoms with Crippen molar-refractivity contribution in [1.29, 1.82) is 0 Å². The molecule has 4 amide bonds. The van der Waals surface area contributed by atoms with Crippen molar-refractivity contribution in [3.8, 4) is 30.6 Å². The van der Waals surface area contributed by atoms with Crippen molar-refractivity contribution in [2.45, 2.75) is 19.3 Å². The number of benzene rings is 2. The molecule has 182 valence electrons. The van der Waals surface area contributed by atoms with Gasteiger partial charge < -0.3 is 0 Å². The number of amides is 4. The number of carbonyl (C=O) groups excluding carboxylic acids is 4. The standard InChI is InChI=1S/C29H20N2O4S2/c1-29(2)17-11-19(13-7-5-9-15-21(13)27(34)30(3)25(15)32)36-23(17)24-18(29)12-20(37-24)14-8-6-10-16-22(14)28(35)31(4)26(16)33/h5-12H,1-4H3. The Morgan fingerprint density at radius 2 is 0.973 bits per heavy atom. The summed E-state index contributed by atoms with van der Waals surface area (Å²) in [6.45, 7) is 4.36. The molecule has 4 aromatic rings. The van der Waals surface area contributed by atoms with Crippen LogP contribution < -0.4 is 0 Å². The number of fused-ring (bicyclic) bond motifs is 5. The summed E-state index contributed by atoms with van der Waals surface area (Å²) >= 11 is 3.25. The summed E-state index contributed by atoms with van der Waals surface area (Å²) in [5.74, 6) is -1.09. The van der Waals surface area contributed by atoms with Gasteiger partial charge in [0.05, 0.1) is 22.3 Å². The third kappa shape index (κ3) is 2.69. The monoisotopic (exact) mass is 524 g/mol. The normalized spacial score (nSPS) is 17.0. The predicted molar refractivity (Wildman–Crippen MR) is 143 cm³/mol. The molecule has 0 saturated carbocycles. The van der Waals surface area contributed by atoms with Crippen molar-refractivity contribution in [3.63, 3.8) is 0 Å². The third-order valence-electron chi connectivity index (χ3n) is 7.78. The quantitative estimate of drug-likeness (QED) is 0.306. The molecule has 7 rings (SSSR count). The number of carbonyl (C=O) groups is 4. The maximum Gasteiger partial charge on any atom is 0.261 e. The van der Waals surface area contributed by atoms with Crippen molar-refractivity contribution in [1.82, 2.24) is 9.80 Å². The topological polar surface area (TPSA) is 74.8 Å². The summed E-state index contributed by atoms with van der Waals surface area (Å²) in [5, 5.41) is 0. The van der Waals surface area contributed by atoms with Gasteiger partial charge in [0.25, 0.3) is 23.6 Å². The zero-order valence-corrected chi connectivity index (χ0v) is 22.1. The van der Waals surface area contributed by atoms with E-state index in [1.165, 1.54) is 35.0 Å². The molecule has 0 fully saturated rings. The van der Waals surface area contributed by atoms with Crippen LogP contribution in [-0.2, 0) is 5.41 Å². The Labute approximate surface area is 220 Å². The minimum atomic E-state index is -0.280. The Kier molecular flexibility index (Phi) is 4.29. The lowest BCUT2D eigenvalue weighted by atomic mass is 9.83. The van der Waals surface area contributed by atoms with Gasteiger partial charge in [-0.05, 0) is 35.4 Å². The Morgan fingerprint density at radius 3 is 1.38 bits per heavy atom. The average Bonchev–Trinajstić information content (AvgIpc) is 3.66. The molecule has 2 aromatic heterocycles. The van der Waals surface area contributed by atoms with E-state index in [9.17, 15) is 19.2 Å². The fourth-order valence-corrected chi connectivity index (χ4v) is 8.53. The first-order valence-electron chi connectivity index (χ1n) is 11.8. The number of nitrogens with zero attached hydrogens (tertiary/aromatic N) is 2. The van der Waals surface area contributed by atoms with E-state index in [-0.39, 0.29) is 29.0 Å². The summed E-state index contributed by atoms with van der Waals surface area (Å²) in [6.07, 6.45) is 0. The van der Waals surface area contributed by atoms with Crippen molar-refractivity contribution < 1.29 is 19.2 Å². The smallest absolute Gasteiger partial charge is 0.261 e. The lowest BCUT2D eigenvalue weighted by Gasteiger charge is -2.19. The Bertz CT molecular complexity index is 1650. The summed E-state index contributed by atoms with van der Waals surface area (Å²) in [7, 11) is 3.03. The van der Waals surface area contributed by atoms with Crippen LogP contribution in [0.5, 0.6) is 0 Å². The highest BCUT2D eigenvalue weighted by molar-refractivity contribution is 7.25. The first-order valence-corrected chi connectivity index (χ1v) is 13.4. The van der Waals surface area contributed by atoms with Crippen LogP contribution in [0, 0.1) is 0 Å². The molecule has 37 heavy (non-hydrogen) atoms. The summed E-state index contributed by atoms with van der Waals surface area (Å²) in [4.78, 5) is 57.4. The molecule has 0 spiro atoms. The SMILES string of the molecule is CN1C(=O)c2cccc(-c3cc4c(s3)-c3sc(-c5cccc6c5C(=O)N(C)C6=O)cc3C4(C)C)c2C1=O. The van der Waals surface area contributed by atoms with E-state index in [1.807, 2.05) is 24.3 Å². The summed E-state index contributed by atoms with van der Waals surface area (Å²) in [6, 6.07) is 15.2. The number of hydrogen-bond donors (Lipinski definition) is 0. The Hall–Kier alpha value is -3.88. The second kappa shape index (κ2) is 7.12. The lowest BCUT2D eigenvalue weighted by Crippen LogP contribution is -2.24. The molecule has 1 aliphatic carbocycles. The van der Waals surface area contributed by atoms with Gasteiger partial charge in [0.2, 0.25) is 0 Å². The van der Waals surface area contributed by atoms with Crippen LogP contribution >= 0.6 is 22.7 Å². The molecular formula is C29H20N2O4S2. The van der Waals surface area contributed by atoms with E-state index in [0.29, 0.717) is 22.3 Å². The maximum atomic E-state index is 12.9. The van der Waals surface area contributed by atoms with Crippen LogP contribution in [0.1, 0.15) is 66.4 Å². The fraction of sp³-hybridized carbons (Fsp3) is 0.172. The van der Waals surface area contributed by atoms with Gasteiger partial charge in [-0.25, -0.2) is 0 Å². The minimum absolute atomic E-state index is 0.273. The summed E-state index contributed by atoms with van der Waals surface area (Å²) < 4.78 is 0. The molecule has 4 heterocycles. The number of hydrogen-bond acceptors (Lipinski definition) is 6. The van der Waals surface area contributed by atoms with Crippen molar-refractivity contribution >= 4 is 46.3 Å². The lowest BCUT2D eigenvalue weighted by molar-refractivity contribution is 0.0678. The molecule has 2 aliphatic heterocycles. The van der Waals surface area contributed by atoms with Gasteiger partial charge >= 0.3 is 0 Å². The first-order chi connectivity index (χ1) is 17.6. The van der Waals surface area contributed by atoms with Crippen LogP contribution in [-0.4, -0.2) is 47.5 Å². The fourth-order valence-electron chi connectivity index (χ4n) is 5.67. The van der Waals surface area contributed by atoms with Crippen LogP contribution in [0.4, 0.5) is 0 Å². The highest BCUT2D eigenvalue weighted by Gasteiger charge is 2.42. The Balaban J connectivity index is 1.38. The highest BCUT2D eigenvalue weighted by Crippen LogP contribution is 2.58. The zero-order chi connectivity index (χ0) is 26.0. The van der Waals surface area contributed by atoms with E-state index < -0.39 is 0 Å². The van der Waals surface area contributed by atoms with E-state index in [2.05, 4.69) is 26.0 Å². The van der Waals surface area contributed by atoms with Crippen molar-refractivity contribution in [2.75, 3.05) is 14.1 Å². The molecule has 8 heteroatoms. The third-order valence-corrected chi connectivity index (χ3v) is 10.3. The van der Waals surface area contributed by atoms with E-state index in [4.69, 9.17) is 0 Å². The molecule has 2 aromatic carbocycles. The van der Waals surface area contributed by atoms with Crippen molar-refractivity contribution in [3.05, 3.63) is 81.9 Å². The summed E-state index contributed by atoms with van der Waals surface area (Å²) in [5.41, 5.74) is 5.47. The number of imide groups is 2. The van der Waals surface area contributed by atoms with E-state index in [1.54, 1.807) is 34.8 Å². The molecule has 0 unspecified atom stereocenters. The van der Waals surface area contributed by atoms with E-state index >= 15 is 0 Å². The van der Waals surface area contributed by atoms with Crippen LogP contribution in [0.2, 0.25) is 0 Å². The van der Waals surface area contributed by atoms with Crippen LogP contribution in [0.3, 0.4) is 0 Å². The predicted octanol–water partition coefficient (Wildman–Crippen LogP) is 5.90. The molecule has 0 radical (unpaired) electrons. The molecule has 0 atom stereocenters. The first kappa shape index (κ1) is 22.3. The van der Waals surface area contributed by atoms with Crippen LogP contribution in [0.15, 0.2) is 48.5 Å². The van der Waals surface area contributed by atoms with Gasteiger partial charge in [-0.1, -0.05) is 38.1 Å². The molecule has 0 saturated heterocycles. The Morgan fingerprint density at radius 1 is 0.595 bits per heavy atom. The number of rotatable bonds is 2. The zero-order valence-electron chi connectivity index (χ0n) is 20.5. The largest absolute Gasteiger partial charge is 0.277 e. The second-order valence-electron chi connectivity index (χ2n) is 10.1. The van der Waals surface area contributed by atoms with Gasteiger partial charge in [-0.3, -0.25) is 29.0 Å².